The van der Waals surface area contributed by atoms with Crippen LogP contribution < -0.4 is 10.6 Å². The van der Waals surface area contributed by atoms with E-state index in [2.05, 4.69) is 56.8 Å². The number of rotatable bonds is 7. The van der Waals surface area contributed by atoms with Crippen LogP contribution in [-0.4, -0.2) is 34.7 Å². The number of hydrogen-bond donors (Lipinski definition) is 3. The smallest absolute Gasteiger partial charge is 0.191 e. The number of nitrogens with one attached hydrogen (secondary N) is 3. The molecule has 0 aliphatic heterocycles. The van der Waals surface area contributed by atoms with Crippen molar-refractivity contribution in [3.63, 3.8) is 0 Å². The number of aliphatic imine (C=N–C) groups is 1. The Bertz CT molecular complexity index is 716. The van der Waals surface area contributed by atoms with Gasteiger partial charge in [-0.2, -0.15) is 5.10 Å². The van der Waals surface area contributed by atoms with Gasteiger partial charge < -0.3 is 10.6 Å². The number of aromatic amines is 1. The molecule has 0 spiro atoms. The van der Waals surface area contributed by atoms with E-state index in [1.807, 2.05) is 19.2 Å². The summed E-state index contributed by atoms with van der Waals surface area (Å²) < 4.78 is 0. The largest absolute Gasteiger partial charge is 0.356 e. The third-order valence-corrected chi connectivity index (χ3v) is 5.19. The van der Waals surface area contributed by atoms with Crippen LogP contribution in [0.1, 0.15) is 45.1 Å². The standard InChI is InChI=1S/C20H30N6/c1-15(2)11-20(8-5-9-20)13-23-19(21-3)22-12-16-6-4-7-17(10-16)18-24-14-25-26-18/h4,6-7,10,14-15H,5,8-9,11-13H2,1-3H3,(H2,21,22,23)(H,24,25,26). The molecule has 3 N–H and O–H groups in total. The van der Waals surface area contributed by atoms with Crippen molar-refractivity contribution in [3.8, 4) is 11.4 Å². The van der Waals surface area contributed by atoms with Gasteiger partial charge in [-0.1, -0.05) is 38.5 Å². The quantitative estimate of drug-likeness (QED) is 0.526. The molecule has 0 amide bonds. The van der Waals surface area contributed by atoms with E-state index in [1.165, 1.54) is 37.6 Å². The summed E-state index contributed by atoms with van der Waals surface area (Å²) in [7, 11) is 1.83. The highest BCUT2D eigenvalue weighted by Crippen LogP contribution is 2.45. The molecule has 1 aromatic heterocycles. The third-order valence-electron chi connectivity index (χ3n) is 5.19. The zero-order valence-corrected chi connectivity index (χ0v) is 16.0. The molecule has 0 saturated heterocycles. The summed E-state index contributed by atoms with van der Waals surface area (Å²) in [5.41, 5.74) is 2.68. The van der Waals surface area contributed by atoms with Crippen LogP contribution in [-0.2, 0) is 6.54 Å². The van der Waals surface area contributed by atoms with Crippen LogP contribution in [0.5, 0.6) is 0 Å². The Kier molecular flexibility index (Phi) is 5.91. The molecule has 1 aromatic carbocycles. The normalized spacial score (nSPS) is 16.4. The van der Waals surface area contributed by atoms with Gasteiger partial charge in [0.1, 0.15) is 6.33 Å². The highest BCUT2D eigenvalue weighted by Gasteiger charge is 2.37. The first-order chi connectivity index (χ1) is 12.6. The molecule has 26 heavy (non-hydrogen) atoms. The van der Waals surface area contributed by atoms with Crippen molar-refractivity contribution >= 4 is 5.96 Å². The number of benzene rings is 1. The van der Waals surface area contributed by atoms with Gasteiger partial charge >= 0.3 is 0 Å². The van der Waals surface area contributed by atoms with Crippen molar-refractivity contribution in [1.82, 2.24) is 25.8 Å². The molecule has 6 nitrogen and oxygen atoms in total. The van der Waals surface area contributed by atoms with Gasteiger partial charge in [-0.25, -0.2) is 4.98 Å². The maximum Gasteiger partial charge on any atom is 0.191 e. The number of hydrogen-bond acceptors (Lipinski definition) is 3. The lowest BCUT2D eigenvalue weighted by Gasteiger charge is -2.43. The molecular formula is C20H30N6. The maximum absolute atomic E-state index is 4.38. The van der Waals surface area contributed by atoms with E-state index in [4.69, 9.17) is 0 Å². The van der Waals surface area contributed by atoms with E-state index in [0.717, 1.165) is 36.4 Å². The van der Waals surface area contributed by atoms with E-state index in [0.29, 0.717) is 5.41 Å². The first-order valence-corrected chi connectivity index (χ1v) is 9.49. The molecule has 1 aliphatic rings. The molecule has 2 aromatic rings. The summed E-state index contributed by atoms with van der Waals surface area (Å²) in [6, 6.07) is 8.29. The van der Waals surface area contributed by atoms with Gasteiger partial charge in [0.2, 0.25) is 0 Å². The fourth-order valence-electron chi connectivity index (χ4n) is 3.85. The number of guanidine groups is 1. The molecule has 0 unspecified atom stereocenters. The summed E-state index contributed by atoms with van der Waals surface area (Å²) in [6.07, 6.45) is 6.83. The Morgan fingerprint density at radius 2 is 2.15 bits per heavy atom. The lowest BCUT2D eigenvalue weighted by molar-refractivity contribution is 0.104. The molecular weight excluding hydrogens is 324 g/mol. The molecule has 0 atom stereocenters. The van der Waals surface area contributed by atoms with Gasteiger partial charge in [-0.3, -0.25) is 10.1 Å². The molecule has 1 aliphatic carbocycles. The van der Waals surface area contributed by atoms with Crippen LogP contribution >= 0.6 is 0 Å². The van der Waals surface area contributed by atoms with Crippen molar-refractivity contribution in [2.45, 2.75) is 46.1 Å². The Morgan fingerprint density at radius 3 is 2.77 bits per heavy atom. The minimum Gasteiger partial charge on any atom is -0.356 e. The SMILES string of the molecule is CN=C(NCc1cccc(-c2ncn[nH]2)c1)NCC1(CC(C)C)CCC1. The van der Waals surface area contributed by atoms with Gasteiger partial charge in [0.15, 0.2) is 11.8 Å². The first kappa shape index (κ1) is 18.4. The van der Waals surface area contributed by atoms with E-state index < -0.39 is 0 Å². The van der Waals surface area contributed by atoms with Crippen LogP contribution in [0.15, 0.2) is 35.6 Å². The van der Waals surface area contributed by atoms with Crippen molar-refractivity contribution in [2.24, 2.45) is 16.3 Å². The zero-order valence-electron chi connectivity index (χ0n) is 16.0. The second-order valence-corrected chi connectivity index (χ2v) is 7.77. The lowest BCUT2D eigenvalue weighted by atomic mass is 9.64. The molecule has 140 valence electrons. The molecule has 1 saturated carbocycles. The van der Waals surface area contributed by atoms with Gasteiger partial charge in [-0.05, 0) is 42.2 Å². The molecule has 1 heterocycles. The van der Waals surface area contributed by atoms with Crippen molar-refractivity contribution in [2.75, 3.05) is 13.6 Å². The van der Waals surface area contributed by atoms with E-state index in [-0.39, 0.29) is 0 Å². The van der Waals surface area contributed by atoms with Crippen molar-refractivity contribution < 1.29 is 0 Å². The molecule has 0 radical (unpaired) electrons. The molecule has 0 bridgehead atoms. The summed E-state index contributed by atoms with van der Waals surface area (Å²) in [5.74, 6) is 2.39. The van der Waals surface area contributed by atoms with Crippen LogP contribution in [0.25, 0.3) is 11.4 Å². The highest BCUT2D eigenvalue weighted by atomic mass is 15.2. The topological polar surface area (TPSA) is 78.0 Å². The summed E-state index contributed by atoms with van der Waals surface area (Å²) in [4.78, 5) is 8.59. The van der Waals surface area contributed by atoms with Crippen molar-refractivity contribution in [3.05, 3.63) is 36.2 Å². The average Bonchev–Trinajstić information content (AvgIpc) is 3.14. The fraction of sp³-hybridized carbons (Fsp3) is 0.550. The van der Waals surface area contributed by atoms with Crippen LogP contribution in [0.4, 0.5) is 0 Å². The number of nitrogens with zero attached hydrogens (tertiary/aromatic N) is 3. The highest BCUT2D eigenvalue weighted by molar-refractivity contribution is 5.79. The average molecular weight is 355 g/mol. The zero-order chi connectivity index (χ0) is 18.4. The fourth-order valence-corrected chi connectivity index (χ4v) is 3.85. The summed E-state index contributed by atoms with van der Waals surface area (Å²) in [5, 5.41) is 13.8. The third kappa shape index (κ3) is 4.62. The van der Waals surface area contributed by atoms with Gasteiger partial charge in [0.25, 0.3) is 0 Å². The van der Waals surface area contributed by atoms with Gasteiger partial charge in [0.05, 0.1) is 0 Å². The predicted molar refractivity (Wildman–Crippen MR) is 106 cm³/mol. The molecule has 1 fully saturated rings. The Morgan fingerprint density at radius 1 is 1.31 bits per heavy atom. The second kappa shape index (κ2) is 8.34. The molecule has 3 rings (SSSR count). The number of H-pyrrole nitrogens is 1. The van der Waals surface area contributed by atoms with Crippen LogP contribution in [0.2, 0.25) is 0 Å². The Hall–Kier alpha value is -2.37. The Balaban J connectivity index is 1.54. The minimum atomic E-state index is 0.456. The van der Waals surface area contributed by atoms with Gasteiger partial charge in [0, 0.05) is 25.7 Å². The van der Waals surface area contributed by atoms with Crippen LogP contribution in [0.3, 0.4) is 0 Å². The maximum atomic E-state index is 4.38. The van der Waals surface area contributed by atoms with Gasteiger partial charge in [-0.15, -0.1) is 0 Å². The predicted octanol–water partition coefficient (Wildman–Crippen LogP) is 3.35. The molecule has 6 heteroatoms. The van der Waals surface area contributed by atoms with E-state index in [1.54, 1.807) is 0 Å². The Labute approximate surface area is 155 Å². The van der Waals surface area contributed by atoms with E-state index in [9.17, 15) is 0 Å². The van der Waals surface area contributed by atoms with Crippen molar-refractivity contribution in [1.29, 1.82) is 0 Å². The summed E-state index contributed by atoms with van der Waals surface area (Å²) >= 11 is 0. The second-order valence-electron chi connectivity index (χ2n) is 7.77. The minimum absolute atomic E-state index is 0.456. The van der Waals surface area contributed by atoms with Crippen LogP contribution in [0, 0.1) is 11.3 Å². The monoisotopic (exact) mass is 354 g/mol. The first-order valence-electron chi connectivity index (χ1n) is 9.49. The van der Waals surface area contributed by atoms with E-state index >= 15 is 0 Å². The lowest BCUT2D eigenvalue weighted by Crippen LogP contribution is -2.46. The summed E-state index contributed by atoms with van der Waals surface area (Å²) in [6.45, 7) is 6.35. The number of aromatic nitrogens is 3.